The molecule has 20 heavy (non-hydrogen) atoms. The average Bonchev–Trinajstić information content (AvgIpc) is 2.37. The SMILES string of the molecule is O=C(Nc1cccc(CCl)c1)c1c(F)cc(F)cc1F. The van der Waals surface area contributed by atoms with Gasteiger partial charge >= 0.3 is 0 Å². The summed E-state index contributed by atoms with van der Waals surface area (Å²) >= 11 is 5.65. The van der Waals surface area contributed by atoms with Crippen molar-refractivity contribution in [2.45, 2.75) is 5.88 Å². The summed E-state index contributed by atoms with van der Waals surface area (Å²) in [5.74, 6) is -4.35. The minimum atomic E-state index is -1.26. The Hall–Kier alpha value is -2.01. The zero-order valence-electron chi connectivity index (χ0n) is 10.1. The molecule has 0 aliphatic rings. The van der Waals surface area contributed by atoms with Crippen LogP contribution in [0, 0.1) is 17.5 Å². The lowest BCUT2D eigenvalue weighted by molar-refractivity contribution is 0.101. The fourth-order valence-corrected chi connectivity index (χ4v) is 1.85. The van der Waals surface area contributed by atoms with Gasteiger partial charge in [-0.2, -0.15) is 0 Å². The van der Waals surface area contributed by atoms with Gasteiger partial charge in [0.1, 0.15) is 23.0 Å². The number of carbonyl (C=O) groups is 1. The lowest BCUT2D eigenvalue weighted by Gasteiger charge is -2.08. The first kappa shape index (κ1) is 14.4. The summed E-state index contributed by atoms with van der Waals surface area (Å²) in [6.45, 7) is 0. The number of carbonyl (C=O) groups excluding carboxylic acids is 1. The van der Waals surface area contributed by atoms with Crippen molar-refractivity contribution in [3.05, 3.63) is 65.0 Å². The topological polar surface area (TPSA) is 29.1 Å². The molecule has 104 valence electrons. The fraction of sp³-hybridized carbons (Fsp3) is 0.0714. The van der Waals surface area contributed by atoms with E-state index in [1.165, 1.54) is 0 Å². The highest BCUT2D eigenvalue weighted by Crippen LogP contribution is 2.18. The number of halogens is 4. The molecule has 0 fully saturated rings. The molecule has 2 nitrogen and oxygen atoms in total. The second kappa shape index (κ2) is 5.96. The highest BCUT2D eigenvalue weighted by Gasteiger charge is 2.19. The van der Waals surface area contributed by atoms with Crippen LogP contribution in [0.25, 0.3) is 0 Å². The van der Waals surface area contributed by atoms with Crippen LogP contribution in [0.1, 0.15) is 15.9 Å². The van der Waals surface area contributed by atoms with Gasteiger partial charge < -0.3 is 5.32 Å². The highest BCUT2D eigenvalue weighted by molar-refractivity contribution is 6.17. The normalized spacial score (nSPS) is 10.4. The van der Waals surface area contributed by atoms with E-state index in [0.29, 0.717) is 17.8 Å². The second-order valence-corrected chi connectivity index (χ2v) is 4.30. The number of alkyl halides is 1. The number of hydrogen-bond donors (Lipinski definition) is 1. The molecule has 0 aliphatic heterocycles. The molecule has 0 saturated heterocycles. The Balaban J connectivity index is 2.28. The number of anilines is 1. The van der Waals surface area contributed by atoms with Crippen molar-refractivity contribution >= 4 is 23.2 Å². The molecule has 2 aromatic carbocycles. The Labute approximate surface area is 118 Å². The Morgan fingerprint density at radius 3 is 2.35 bits per heavy atom. The molecule has 0 radical (unpaired) electrons. The zero-order valence-corrected chi connectivity index (χ0v) is 10.8. The maximum Gasteiger partial charge on any atom is 0.261 e. The first-order valence-corrected chi connectivity index (χ1v) is 6.15. The van der Waals surface area contributed by atoms with Gasteiger partial charge in [-0.25, -0.2) is 13.2 Å². The van der Waals surface area contributed by atoms with Crippen LogP contribution in [0.4, 0.5) is 18.9 Å². The molecule has 0 bridgehead atoms. The number of rotatable bonds is 3. The molecule has 0 unspecified atom stereocenters. The number of benzene rings is 2. The monoisotopic (exact) mass is 299 g/mol. The van der Waals surface area contributed by atoms with Gasteiger partial charge in [0.25, 0.3) is 5.91 Å². The van der Waals surface area contributed by atoms with Gasteiger partial charge in [-0.15, -0.1) is 11.6 Å². The summed E-state index contributed by atoms with van der Waals surface area (Å²) in [4.78, 5) is 11.8. The van der Waals surface area contributed by atoms with E-state index in [0.717, 1.165) is 5.56 Å². The third kappa shape index (κ3) is 3.11. The first-order chi connectivity index (χ1) is 9.51. The van der Waals surface area contributed by atoms with Crippen LogP contribution in [0.15, 0.2) is 36.4 Å². The maximum atomic E-state index is 13.4. The molecule has 0 spiro atoms. The molecule has 1 N–H and O–H groups in total. The predicted octanol–water partition coefficient (Wildman–Crippen LogP) is 4.10. The zero-order chi connectivity index (χ0) is 14.7. The van der Waals surface area contributed by atoms with Gasteiger partial charge in [0.15, 0.2) is 0 Å². The standard InChI is InChI=1S/C14H9ClF3NO/c15-7-8-2-1-3-10(4-8)19-14(20)13-11(17)5-9(16)6-12(13)18/h1-6H,7H2,(H,19,20). The van der Waals surface area contributed by atoms with Crippen molar-refractivity contribution in [1.29, 1.82) is 0 Å². The van der Waals surface area contributed by atoms with Crippen molar-refractivity contribution in [3.63, 3.8) is 0 Å². The largest absolute Gasteiger partial charge is 0.322 e. The predicted molar refractivity (Wildman–Crippen MR) is 70.3 cm³/mol. The van der Waals surface area contributed by atoms with Crippen molar-refractivity contribution in [2.24, 2.45) is 0 Å². The van der Waals surface area contributed by atoms with Crippen LogP contribution in [0.2, 0.25) is 0 Å². The Morgan fingerprint density at radius 2 is 1.75 bits per heavy atom. The van der Waals surface area contributed by atoms with E-state index in [9.17, 15) is 18.0 Å². The van der Waals surface area contributed by atoms with Crippen LogP contribution < -0.4 is 5.32 Å². The Morgan fingerprint density at radius 1 is 1.10 bits per heavy atom. The molecular weight excluding hydrogens is 291 g/mol. The summed E-state index contributed by atoms with van der Waals surface area (Å²) in [6.07, 6.45) is 0. The quantitative estimate of drug-likeness (QED) is 0.850. The molecule has 0 aliphatic carbocycles. The molecule has 0 heterocycles. The first-order valence-electron chi connectivity index (χ1n) is 5.62. The lowest BCUT2D eigenvalue weighted by atomic mass is 10.1. The van der Waals surface area contributed by atoms with Gasteiger partial charge in [0.05, 0.1) is 0 Å². The fourth-order valence-electron chi connectivity index (χ4n) is 1.68. The molecule has 2 rings (SSSR count). The smallest absolute Gasteiger partial charge is 0.261 e. The minimum absolute atomic E-state index is 0.239. The maximum absolute atomic E-state index is 13.4. The van der Waals surface area contributed by atoms with E-state index in [1.54, 1.807) is 24.3 Å². The van der Waals surface area contributed by atoms with E-state index in [2.05, 4.69) is 5.32 Å². The van der Waals surface area contributed by atoms with Crippen LogP contribution in [-0.2, 0) is 5.88 Å². The summed E-state index contributed by atoms with van der Waals surface area (Å²) in [7, 11) is 0. The average molecular weight is 300 g/mol. The number of amides is 1. The van der Waals surface area contributed by atoms with Gasteiger partial charge in [-0.05, 0) is 17.7 Å². The van der Waals surface area contributed by atoms with Crippen molar-refractivity contribution in [1.82, 2.24) is 0 Å². The van der Waals surface area contributed by atoms with Crippen LogP contribution in [0.5, 0.6) is 0 Å². The molecular formula is C14H9ClF3NO. The molecule has 0 aromatic heterocycles. The molecule has 2 aromatic rings. The van der Waals surface area contributed by atoms with E-state index in [1.807, 2.05) is 0 Å². The summed E-state index contributed by atoms with van der Waals surface area (Å²) < 4.78 is 39.7. The summed E-state index contributed by atoms with van der Waals surface area (Å²) in [5, 5.41) is 2.33. The third-order valence-electron chi connectivity index (χ3n) is 2.57. The minimum Gasteiger partial charge on any atom is -0.322 e. The van der Waals surface area contributed by atoms with Crippen molar-refractivity contribution in [2.75, 3.05) is 5.32 Å². The van der Waals surface area contributed by atoms with E-state index in [-0.39, 0.29) is 5.88 Å². The van der Waals surface area contributed by atoms with Crippen LogP contribution in [0.3, 0.4) is 0 Å². The molecule has 1 amide bonds. The van der Waals surface area contributed by atoms with E-state index in [4.69, 9.17) is 11.6 Å². The summed E-state index contributed by atoms with van der Waals surface area (Å²) in [6, 6.07) is 7.41. The van der Waals surface area contributed by atoms with Gasteiger partial charge in [0, 0.05) is 23.7 Å². The summed E-state index contributed by atoms with van der Waals surface area (Å²) in [5.41, 5.74) is 0.253. The molecule has 0 atom stereocenters. The second-order valence-electron chi connectivity index (χ2n) is 4.03. The number of hydrogen-bond acceptors (Lipinski definition) is 1. The lowest BCUT2D eigenvalue weighted by Crippen LogP contribution is -2.16. The van der Waals surface area contributed by atoms with Gasteiger partial charge in [0.2, 0.25) is 0 Å². The van der Waals surface area contributed by atoms with Crippen LogP contribution >= 0.6 is 11.6 Å². The molecule has 6 heteroatoms. The van der Waals surface area contributed by atoms with Crippen molar-refractivity contribution in [3.8, 4) is 0 Å². The van der Waals surface area contributed by atoms with Crippen LogP contribution in [-0.4, -0.2) is 5.91 Å². The van der Waals surface area contributed by atoms with Crippen molar-refractivity contribution < 1.29 is 18.0 Å². The van der Waals surface area contributed by atoms with Gasteiger partial charge in [-0.3, -0.25) is 4.79 Å². The van der Waals surface area contributed by atoms with E-state index < -0.39 is 28.9 Å². The number of nitrogens with one attached hydrogen (secondary N) is 1. The Kier molecular flexibility index (Phi) is 4.29. The van der Waals surface area contributed by atoms with E-state index >= 15 is 0 Å². The highest BCUT2D eigenvalue weighted by atomic mass is 35.5. The third-order valence-corrected chi connectivity index (χ3v) is 2.88. The Bertz CT molecular complexity index is 638. The van der Waals surface area contributed by atoms with Gasteiger partial charge in [-0.1, -0.05) is 12.1 Å². The molecule has 0 saturated carbocycles.